The molecule has 3 atom stereocenters. The molecule has 2 aromatic rings. The molecule has 2 fully saturated rings. The second-order valence-electron chi connectivity index (χ2n) is 7.91. The summed E-state index contributed by atoms with van der Waals surface area (Å²) >= 11 is 1.49. The molecule has 0 unspecified atom stereocenters. The monoisotopic (exact) mass is 384 g/mol. The topological polar surface area (TPSA) is 51.0 Å². The third kappa shape index (κ3) is 3.91. The highest BCUT2D eigenvalue weighted by Crippen LogP contribution is 2.40. The van der Waals surface area contributed by atoms with E-state index in [-0.39, 0.29) is 11.2 Å². The number of nitrogens with zero attached hydrogens (tertiary/aromatic N) is 4. The van der Waals surface area contributed by atoms with Crippen LogP contribution in [0.3, 0.4) is 0 Å². The van der Waals surface area contributed by atoms with Crippen molar-refractivity contribution in [1.29, 1.82) is 0 Å². The Bertz CT molecular complexity index is 792. The largest absolute Gasteiger partial charge is 0.336 e. The van der Waals surface area contributed by atoms with Crippen LogP contribution in [-0.2, 0) is 4.79 Å². The van der Waals surface area contributed by atoms with Crippen LogP contribution in [0.1, 0.15) is 64.6 Å². The molecule has 5 nitrogen and oxygen atoms in total. The molecule has 0 radical (unpaired) electrons. The number of rotatable bonds is 5. The van der Waals surface area contributed by atoms with E-state index < -0.39 is 0 Å². The van der Waals surface area contributed by atoms with Crippen LogP contribution >= 0.6 is 11.8 Å². The number of benzene rings is 1. The van der Waals surface area contributed by atoms with Gasteiger partial charge in [0.25, 0.3) is 0 Å². The van der Waals surface area contributed by atoms with Gasteiger partial charge >= 0.3 is 0 Å². The van der Waals surface area contributed by atoms with Gasteiger partial charge in [0.05, 0.1) is 10.9 Å². The van der Waals surface area contributed by atoms with Crippen molar-refractivity contribution >= 4 is 17.7 Å². The Morgan fingerprint density at radius 1 is 1.11 bits per heavy atom. The zero-order valence-electron chi connectivity index (χ0n) is 16.3. The first-order valence-electron chi connectivity index (χ1n) is 10.1. The van der Waals surface area contributed by atoms with Gasteiger partial charge in [-0.1, -0.05) is 30.0 Å². The average Bonchev–Trinajstić information content (AvgIpc) is 3.42. The Morgan fingerprint density at radius 3 is 2.41 bits per heavy atom. The quantitative estimate of drug-likeness (QED) is 0.716. The molecule has 1 amide bonds. The van der Waals surface area contributed by atoms with Crippen molar-refractivity contribution in [2.75, 3.05) is 0 Å². The average molecular weight is 385 g/mol. The molecular weight excluding hydrogens is 356 g/mol. The lowest BCUT2D eigenvalue weighted by Gasteiger charge is -2.40. The first-order valence-corrected chi connectivity index (χ1v) is 10.9. The van der Waals surface area contributed by atoms with E-state index >= 15 is 0 Å². The van der Waals surface area contributed by atoms with Crippen molar-refractivity contribution in [1.82, 2.24) is 19.7 Å². The Hall–Kier alpha value is -1.82. The van der Waals surface area contributed by atoms with Gasteiger partial charge < -0.3 is 4.90 Å². The maximum atomic E-state index is 13.1. The molecule has 1 aromatic carbocycles. The smallest absolute Gasteiger partial charge is 0.236 e. The van der Waals surface area contributed by atoms with Crippen LogP contribution in [0.5, 0.6) is 0 Å². The maximum Gasteiger partial charge on any atom is 0.236 e. The lowest BCUT2D eigenvalue weighted by molar-refractivity contribution is -0.136. The Balaban J connectivity index is 1.53. The minimum Gasteiger partial charge on any atom is -0.336 e. The summed E-state index contributed by atoms with van der Waals surface area (Å²) in [6.45, 7) is 6.32. The van der Waals surface area contributed by atoms with E-state index in [1.54, 1.807) is 0 Å². The highest BCUT2D eigenvalue weighted by atomic mass is 32.2. The van der Waals surface area contributed by atoms with Crippen LogP contribution in [0.25, 0.3) is 5.69 Å². The number of thioether (sulfide) groups is 1. The minimum atomic E-state index is -0.174. The number of likely N-dealkylation sites (tertiary alicyclic amines) is 1. The van der Waals surface area contributed by atoms with Crippen LogP contribution in [-0.4, -0.2) is 42.9 Å². The predicted molar refractivity (Wildman–Crippen MR) is 108 cm³/mol. The second-order valence-corrected chi connectivity index (χ2v) is 9.22. The number of carbonyl (C=O) groups is 1. The Kier molecular flexibility index (Phi) is 5.26. The van der Waals surface area contributed by atoms with E-state index in [4.69, 9.17) is 10.1 Å². The summed E-state index contributed by atoms with van der Waals surface area (Å²) < 4.78 is 1.96. The summed E-state index contributed by atoms with van der Waals surface area (Å²) in [5, 5.41) is 5.28. The molecule has 2 aliphatic rings. The zero-order valence-corrected chi connectivity index (χ0v) is 17.2. The van der Waals surface area contributed by atoms with E-state index in [1.807, 2.05) is 29.8 Å². The molecule has 1 saturated carbocycles. The number of piperidine rings is 1. The number of hydrogen-bond donors (Lipinski definition) is 0. The minimum absolute atomic E-state index is 0.174. The van der Waals surface area contributed by atoms with Crippen LogP contribution in [0.2, 0.25) is 0 Å². The molecular formula is C21H28N4OS. The van der Waals surface area contributed by atoms with Gasteiger partial charge in [-0.15, -0.1) is 5.10 Å². The summed E-state index contributed by atoms with van der Waals surface area (Å²) in [5.74, 6) is 1.74. The number of carbonyl (C=O) groups excluding carboxylic acids is 1. The molecule has 0 bridgehead atoms. The fraction of sp³-hybridized carbons (Fsp3) is 0.571. The van der Waals surface area contributed by atoms with Gasteiger partial charge in [-0.25, -0.2) is 9.67 Å². The summed E-state index contributed by atoms with van der Waals surface area (Å²) in [6.07, 6.45) is 5.75. The summed E-state index contributed by atoms with van der Waals surface area (Å²) in [7, 11) is 0. The van der Waals surface area contributed by atoms with Crippen LogP contribution in [0.15, 0.2) is 35.5 Å². The number of amides is 1. The molecule has 1 aliphatic carbocycles. The standard InChI is InChI=1S/C21H28N4OS/c1-14-8-7-9-15(2)24(14)20(26)16(3)27-21-22-19(17-12-13-17)25(23-21)18-10-5-4-6-11-18/h4-6,10-11,14-17H,7-9,12-13H2,1-3H3/t14-,15-,16+/m0/s1. The van der Waals surface area contributed by atoms with Gasteiger partial charge in [-0.3, -0.25) is 4.79 Å². The van der Waals surface area contributed by atoms with E-state index in [1.165, 1.54) is 31.0 Å². The van der Waals surface area contributed by atoms with Crippen LogP contribution < -0.4 is 0 Å². The molecule has 144 valence electrons. The van der Waals surface area contributed by atoms with Crippen molar-refractivity contribution < 1.29 is 4.79 Å². The van der Waals surface area contributed by atoms with E-state index in [0.29, 0.717) is 23.2 Å². The van der Waals surface area contributed by atoms with Gasteiger partial charge in [-0.05, 0) is 65.0 Å². The van der Waals surface area contributed by atoms with Gasteiger partial charge in [-0.2, -0.15) is 0 Å². The number of para-hydroxylation sites is 1. The lowest BCUT2D eigenvalue weighted by atomic mass is 9.97. The fourth-order valence-corrected chi connectivity index (χ4v) is 4.81. The Morgan fingerprint density at radius 2 is 1.78 bits per heavy atom. The molecule has 6 heteroatoms. The van der Waals surface area contributed by atoms with Crippen LogP contribution in [0.4, 0.5) is 0 Å². The molecule has 1 aliphatic heterocycles. The van der Waals surface area contributed by atoms with Gasteiger partial charge in [0.15, 0.2) is 0 Å². The lowest BCUT2D eigenvalue weighted by Crippen LogP contribution is -2.50. The molecule has 1 saturated heterocycles. The maximum absolute atomic E-state index is 13.1. The van der Waals surface area contributed by atoms with Crippen molar-refractivity contribution in [3.8, 4) is 5.69 Å². The van der Waals surface area contributed by atoms with E-state index in [2.05, 4.69) is 30.9 Å². The predicted octanol–water partition coefficient (Wildman–Crippen LogP) is 4.41. The first-order chi connectivity index (χ1) is 13.0. The third-order valence-corrected chi connectivity index (χ3v) is 6.57. The van der Waals surface area contributed by atoms with Crippen molar-refractivity contribution in [2.24, 2.45) is 0 Å². The highest BCUT2D eigenvalue weighted by molar-refractivity contribution is 8.00. The summed E-state index contributed by atoms with van der Waals surface area (Å²) in [6, 6.07) is 10.8. The van der Waals surface area contributed by atoms with Gasteiger partial charge in [0.2, 0.25) is 11.1 Å². The van der Waals surface area contributed by atoms with E-state index in [9.17, 15) is 4.79 Å². The van der Waals surface area contributed by atoms with Gasteiger partial charge in [0, 0.05) is 18.0 Å². The Labute approximate surface area is 165 Å². The molecule has 4 rings (SSSR count). The van der Waals surface area contributed by atoms with Crippen LogP contribution in [0, 0.1) is 0 Å². The molecule has 27 heavy (non-hydrogen) atoms. The zero-order chi connectivity index (χ0) is 19.0. The first kappa shape index (κ1) is 18.5. The SMILES string of the molecule is C[C@@H](Sc1nc(C2CC2)n(-c2ccccc2)n1)C(=O)N1[C@@H](C)CCC[C@@H]1C. The van der Waals surface area contributed by atoms with Gasteiger partial charge in [0.1, 0.15) is 5.82 Å². The molecule has 2 heterocycles. The van der Waals surface area contributed by atoms with Crippen molar-refractivity contribution in [3.63, 3.8) is 0 Å². The molecule has 0 N–H and O–H groups in total. The second kappa shape index (κ2) is 7.66. The number of hydrogen-bond acceptors (Lipinski definition) is 4. The van der Waals surface area contributed by atoms with E-state index in [0.717, 1.165) is 24.4 Å². The number of aromatic nitrogens is 3. The highest BCUT2D eigenvalue weighted by Gasteiger charge is 2.34. The summed E-state index contributed by atoms with van der Waals surface area (Å²) in [4.78, 5) is 20.0. The normalized spacial score (nSPS) is 24.0. The molecule has 1 aromatic heterocycles. The molecule has 0 spiro atoms. The van der Waals surface area contributed by atoms with Crippen molar-refractivity contribution in [2.45, 2.75) is 81.3 Å². The fourth-order valence-electron chi connectivity index (χ4n) is 3.99. The summed E-state index contributed by atoms with van der Waals surface area (Å²) in [5.41, 5.74) is 1.04. The van der Waals surface area contributed by atoms with Crippen molar-refractivity contribution in [3.05, 3.63) is 36.2 Å². The third-order valence-electron chi connectivity index (χ3n) is 5.63.